The highest BCUT2D eigenvalue weighted by Gasteiger charge is 2.39. The second-order valence-electron chi connectivity index (χ2n) is 3.80. The van der Waals surface area contributed by atoms with Gasteiger partial charge in [0.15, 0.2) is 11.7 Å². The lowest BCUT2D eigenvalue weighted by Crippen LogP contribution is -2.38. The van der Waals surface area contributed by atoms with E-state index in [2.05, 4.69) is 41.3 Å². The number of esters is 2. The smallest absolute Gasteiger partial charge is 0.321 e. The van der Waals surface area contributed by atoms with Crippen LogP contribution >= 0.6 is 31.9 Å². The standard InChI is InChI=1S/C13H12Br2O5/c1-19-12(17)9(13(18)20-2)10(15)11(16)7-3-5-8(14)6-4-7/h3-6,9-10H,1-2H3. The normalized spacial score (nSPS) is 11.8. The van der Waals surface area contributed by atoms with Crippen LogP contribution in [0.1, 0.15) is 10.4 Å². The average Bonchev–Trinajstić information content (AvgIpc) is 2.46. The van der Waals surface area contributed by atoms with Crippen LogP contribution in [-0.2, 0) is 19.1 Å². The number of benzene rings is 1. The Hall–Kier alpha value is -1.21. The van der Waals surface area contributed by atoms with Crippen LogP contribution in [0.4, 0.5) is 0 Å². The third-order valence-electron chi connectivity index (χ3n) is 2.58. The van der Waals surface area contributed by atoms with Gasteiger partial charge in [-0.2, -0.15) is 0 Å². The molecule has 0 spiro atoms. The zero-order valence-corrected chi connectivity index (χ0v) is 13.9. The van der Waals surface area contributed by atoms with Crippen molar-refractivity contribution in [1.82, 2.24) is 0 Å². The first kappa shape index (κ1) is 16.8. The van der Waals surface area contributed by atoms with E-state index in [9.17, 15) is 14.4 Å². The largest absolute Gasteiger partial charge is 0.468 e. The van der Waals surface area contributed by atoms with Crippen molar-refractivity contribution in [3.05, 3.63) is 34.3 Å². The van der Waals surface area contributed by atoms with E-state index in [-0.39, 0.29) is 0 Å². The topological polar surface area (TPSA) is 69.7 Å². The van der Waals surface area contributed by atoms with E-state index >= 15 is 0 Å². The Kier molecular flexibility index (Phi) is 6.35. The van der Waals surface area contributed by atoms with Crippen molar-refractivity contribution in [2.24, 2.45) is 5.92 Å². The van der Waals surface area contributed by atoms with E-state index < -0.39 is 28.5 Å². The summed E-state index contributed by atoms with van der Waals surface area (Å²) in [5.41, 5.74) is 0.368. The van der Waals surface area contributed by atoms with Crippen LogP contribution in [0.5, 0.6) is 0 Å². The van der Waals surface area contributed by atoms with E-state index in [1.54, 1.807) is 24.3 Å². The molecule has 0 aliphatic carbocycles. The summed E-state index contributed by atoms with van der Waals surface area (Å²) in [6.45, 7) is 0. The van der Waals surface area contributed by atoms with Crippen molar-refractivity contribution in [3.8, 4) is 0 Å². The molecule has 5 nitrogen and oxygen atoms in total. The number of hydrogen-bond acceptors (Lipinski definition) is 5. The van der Waals surface area contributed by atoms with Gasteiger partial charge in [0.05, 0.1) is 14.2 Å². The minimum atomic E-state index is -1.35. The molecule has 0 bridgehead atoms. The van der Waals surface area contributed by atoms with E-state index in [1.165, 1.54) is 0 Å². The molecule has 1 rings (SSSR count). The Morgan fingerprint density at radius 1 is 1.00 bits per heavy atom. The van der Waals surface area contributed by atoms with Gasteiger partial charge in [0.2, 0.25) is 0 Å². The zero-order chi connectivity index (χ0) is 15.3. The predicted molar refractivity (Wildman–Crippen MR) is 78.7 cm³/mol. The molecule has 20 heavy (non-hydrogen) atoms. The minimum absolute atomic E-state index is 0.368. The summed E-state index contributed by atoms with van der Waals surface area (Å²) < 4.78 is 9.88. The van der Waals surface area contributed by atoms with Gasteiger partial charge in [-0.1, -0.05) is 44.0 Å². The number of methoxy groups -OCH3 is 2. The number of ether oxygens (including phenoxy) is 2. The Morgan fingerprint density at radius 2 is 1.45 bits per heavy atom. The van der Waals surface area contributed by atoms with E-state index in [0.29, 0.717) is 5.56 Å². The van der Waals surface area contributed by atoms with Gasteiger partial charge in [0.25, 0.3) is 0 Å². The number of Topliss-reactive ketones (excluding diaryl/α,β-unsaturated/α-hetero) is 1. The highest BCUT2D eigenvalue weighted by atomic mass is 79.9. The van der Waals surface area contributed by atoms with Gasteiger partial charge in [0.1, 0.15) is 4.83 Å². The van der Waals surface area contributed by atoms with Gasteiger partial charge >= 0.3 is 11.9 Å². The van der Waals surface area contributed by atoms with Gasteiger partial charge in [0, 0.05) is 10.0 Å². The van der Waals surface area contributed by atoms with Crippen molar-refractivity contribution in [3.63, 3.8) is 0 Å². The summed E-state index contributed by atoms with van der Waals surface area (Å²) in [7, 11) is 2.28. The van der Waals surface area contributed by atoms with Gasteiger partial charge in [-0.05, 0) is 12.1 Å². The molecule has 0 aliphatic rings. The minimum Gasteiger partial charge on any atom is -0.468 e. The third kappa shape index (κ3) is 3.89. The molecule has 0 saturated carbocycles. The molecule has 7 heteroatoms. The molecule has 0 N–H and O–H groups in total. The second kappa shape index (κ2) is 7.54. The molecule has 0 saturated heterocycles. The number of ketones is 1. The average molecular weight is 408 g/mol. The molecule has 0 aromatic heterocycles. The lowest BCUT2D eigenvalue weighted by atomic mass is 9.98. The van der Waals surface area contributed by atoms with Gasteiger partial charge in [-0.25, -0.2) is 0 Å². The third-order valence-corrected chi connectivity index (χ3v) is 4.06. The highest BCUT2D eigenvalue weighted by Crippen LogP contribution is 2.22. The van der Waals surface area contributed by atoms with Crippen molar-refractivity contribution in [2.45, 2.75) is 4.83 Å². The fourth-order valence-corrected chi connectivity index (χ4v) is 2.47. The number of carbonyl (C=O) groups excluding carboxylic acids is 3. The van der Waals surface area contributed by atoms with Crippen LogP contribution in [-0.4, -0.2) is 36.8 Å². The predicted octanol–water partition coefficient (Wildman–Crippen LogP) is 2.36. The molecule has 1 aromatic carbocycles. The summed E-state index contributed by atoms with van der Waals surface area (Å²) in [5.74, 6) is -3.41. The van der Waals surface area contributed by atoms with Crippen molar-refractivity contribution >= 4 is 49.6 Å². The number of rotatable bonds is 5. The summed E-state index contributed by atoms with van der Waals surface area (Å²) in [6.07, 6.45) is 0. The quantitative estimate of drug-likeness (QED) is 0.324. The Balaban J connectivity index is 3.02. The van der Waals surface area contributed by atoms with E-state index in [0.717, 1.165) is 18.7 Å². The van der Waals surface area contributed by atoms with Crippen LogP contribution in [0.3, 0.4) is 0 Å². The van der Waals surface area contributed by atoms with Crippen LogP contribution in [0.25, 0.3) is 0 Å². The number of carbonyl (C=O) groups is 3. The lowest BCUT2D eigenvalue weighted by Gasteiger charge is -2.17. The first-order valence-corrected chi connectivity index (χ1v) is 7.22. The van der Waals surface area contributed by atoms with Crippen LogP contribution in [0.2, 0.25) is 0 Å². The van der Waals surface area contributed by atoms with E-state index in [4.69, 9.17) is 0 Å². The summed E-state index contributed by atoms with van der Waals surface area (Å²) >= 11 is 6.34. The SMILES string of the molecule is COC(=O)C(C(=O)OC)C(Br)C(=O)c1ccc(Br)cc1. The van der Waals surface area contributed by atoms with Crippen LogP contribution < -0.4 is 0 Å². The number of hydrogen-bond donors (Lipinski definition) is 0. The Bertz CT molecular complexity index is 496. The molecular weight excluding hydrogens is 396 g/mol. The van der Waals surface area contributed by atoms with E-state index in [1.807, 2.05) is 0 Å². The van der Waals surface area contributed by atoms with Crippen LogP contribution in [0.15, 0.2) is 28.7 Å². The molecule has 0 heterocycles. The maximum atomic E-state index is 12.3. The first-order valence-electron chi connectivity index (χ1n) is 5.52. The molecule has 0 aliphatic heterocycles. The fourth-order valence-electron chi connectivity index (χ4n) is 1.51. The molecule has 0 fully saturated rings. The maximum absolute atomic E-state index is 12.3. The lowest BCUT2D eigenvalue weighted by molar-refractivity contribution is -0.158. The molecule has 0 radical (unpaired) electrons. The summed E-state index contributed by atoms with van der Waals surface area (Å²) in [5, 5.41) is 0. The Morgan fingerprint density at radius 3 is 1.85 bits per heavy atom. The Labute approximate surface area is 132 Å². The molecule has 1 aromatic rings. The molecule has 108 valence electrons. The molecule has 1 atom stereocenters. The van der Waals surface area contributed by atoms with Crippen LogP contribution in [0, 0.1) is 5.92 Å². The molecule has 1 unspecified atom stereocenters. The van der Waals surface area contributed by atoms with Crippen molar-refractivity contribution in [2.75, 3.05) is 14.2 Å². The number of alkyl halides is 1. The molecule has 0 amide bonds. The maximum Gasteiger partial charge on any atom is 0.321 e. The molecular formula is C13H12Br2O5. The van der Waals surface area contributed by atoms with Crippen molar-refractivity contribution < 1.29 is 23.9 Å². The summed E-state index contributed by atoms with van der Waals surface area (Å²) in [4.78, 5) is 34.5. The summed E-state index contributed by atoms with van der Waals surface area (Å²) in [6, 6.07) is 6.56. The van der Waals surface area contributed by atoms with Crippen molar-refractivity contribution in [1.29, 1.82) is 0 Å². The van der Waals surface area contributed by atoms with Gasteiger partial charge in [-0.15, -0.1) is 0 Å². The zero-order valence-electron chi connectivity index (χ0n) is 10.8. The van der Waals surface area contributed by atoms with Gasteiger partial charge in [-0.3, -0.25) is 14.4 Å². The van der Waals surface area contributed by atoms with Gasteiger partial charge < -0.3 is 9.47 Å². The number of halogens is 2. The highest BCUT2D eigenvalue weighted by molar-refractivity contribution is 9.10. The fraction of sp³-hybridized carbons (Fsp3) is 0.308. The second-order valence-corrected chi connectivity index (χ2v) is 5.70. The first-order chi connectivity index (χ1) is 9.42. The monoisotopic (exact) mass is 406 g/mol.